The number of nitrogens with two attached hydrogens (primary N) is 1. The van der Waals surface area contributed by atoms with Crippen molar-refractivity contribution in [1.29, 1.82) is 0 Å². The van der Waals surface area contributed by atoms with Crippen LogP contribution < -0.4 is 15.8 Å². The number of guanidine groups is 1. The molecule has 0 fully saturated rings. The number of hydrogen-bond acceptors (Lipinski definition) is 3. The van der Waals surface area contributed by atoms with Crippen molar-refractivity contribution in [2.45, 2.75) is 20.0 Å². The molecule has 122 valence electrons. The normalized spacial score (nSPS) is 12.7. The van der Waals surface area contributed by atoms with Gasteiger partial charge in [0.2, 0.25) is 0 Å². The van der Waals surface area contributed by atoms with Crippen LogP contribution in [0.4, 0.5) is 5.69 Å². The zero-order valence-electron chi connectivity index (χ0n) is 13.5. The number of rotatable bonds is 6. The number of nitrogens with one attached hydrogen (secondary N) is 1. The molecule has 0 heterocycles. The number of aryl methyl sites for hydroxylation is 2. The average molecular weight is 313 g/mol. The van der Waals surface area contributed by atoms with Crippen LogP contribution in [0.25, 0.3) is 0 Å². The molecular formula is C18H23N3O2. The van der Waals surface area contributed by atoms with Crippen molar-refractivity contribution >= 4 is 11.6 Å². The SMILES string of the molecule is Cc1ccc(NC(N)=NCC(O)COc2cccc(C)c2)cc1. The molecule has 0 saturated carbocycles. The van der Waals surface area contributed by atoms with E-state index < -0.39 is 6.10 Å². The lowest BCUT2D eigenvalue weighted by molar-refractivity contribution is 0.114. The summed E-state index contributed by atoms with van der Waals surface area (Å²) < 4.78 is 5.53. The van der Waals surface area contributed by atoms with Gasteiger partial charge >= 0.3 is 0 Å². The predicted molar refractivity (Wildman–Crippen MR) is 94.0 cm³/mol. The van der Waals surface area contributed by atoms with E-state index in [1.807, 2.05) is 62.4 Å². The molecule has 5 nitrogen and oxygen atoms in total. The van der Waals surface area contributed by atoms with Gasteiger partial charge in [0.05, 0.1) is 6.54 Å². The quantitative estimate of drug-likeness (QED) is 0.565. The van der Waals surface area contributed by atoms with Crippen molar-refractivity contribution in [3.63, 3.8) is 0 Å². The first-order valence-electron chi connectivity index (χ1n) is 7.54. The van der Waals surface area contributed by atoms with E-state index in [-0.39, 0.29) is 19.1 Å². The molecule has 1 unspecified atom stereocenters. The van der Waals surface area contributed by atoms with Crippen molar-refractivity contribution < 1.29 is 9.84 Å². The van der Waals surface area contributed by atoms with E-state index in [1.54, 1.807) is 0 Å². The largest absolute Gasteiger partial charge is 0.491 e. The zero-order chi connectivity index (χ0) is 16.7. The second kappa shape index (κ2) is 8.19. The van der Waals surface area contributed by atoms with Crippen LogP contribution in [0.1, 0.15) is 11.1 Å². The van der Waals surface area contributed by atoms with Crippen molar-refractivity contribution in [2.75, 3.05) is 18.5 Å². The Bertz CT molecular complexity index is 654. The number of ether oxygens (including phenoxy) is 1. The highest BCUT2D eigenvalue weighted by Crippen LogP contribution is 2.12. The first kappa shape index (κ1) is 16.8. The Morgan fingerprint density at radius 3 is 2.61 bits per heavy atom. The summed E-state index contributed by atoms with van der Waals surface area (Å²) in [7, 11) is 0. The number of aliphatic hydroxyl groups excluding tert-OH is 1. The van der Waals surface area contributed by atoms with E-state index in [2.05, 4.69) is 10.3 Å². The molecule has 0 aromatic heterocycles. The van der Waals surface area contributed by atoms with Crippen molar-refractivity contribution in [3.8, 4) is 5.75 Å². The molecule has 2 aromatic rings. The van der Waals surface area contributed by atoms with E-state index in [9.17, 15) is 5.11 Å². The van der Waals surface area contributed by atoms with Crippen LogP contribution in [-0.2, 0) is 0 Å². The van der Waals surface area contributed by atoms with Gasteiger partial charge in [0.25, 0.3) is 0 Å². The summed E-state index contributed by atoms with van der Waals surface area (Å²) in [5.41, 5.74) is 8.96. The molecule has 4 N–H and O–H groups in total. The first-order chi connectivity index (χ1) is 11.0. The van der Waals surface area contributed by atoms with E-state index >= 15 is 0 Å². The van der Waals surface area contributed by atoms with Gasteiger partial charge in [-0.1, -0.05) is 29.8 Å². The molecule has 0 aliphatic rings. The summed E-state index contributed by atoms with van der Waals surface area (Å²) in [6, 6.07) is 15.5. The summed E-state index contributed by atoms with van der Waals surface area (Å²) in [5.74, 6) is 1.00. The third-order valence-corrected chi connectivity index (χ3v) is 3.23. The summed E-state index contributed by atoms with van der Waals surface area (Å²) >= 11 is 0. The molecule has 0 aliphatic heterocycles. The van der Waals surface area contributed by atoms with Crippen LogP contribution in [0.3, 0.4) is 0 Å². The molecule has 5 heteroatoms. The standard InChI is InChI=1S/C18H23N3O2/c1-13-6-8-15(9-7-13)21-18(19)20-11-16(22)12-23-17-5-3-4-14(2)10-17/h3-10,16,22H,11-12H2,1-2H3,(H3,19,20,21). The number of anilines is 1. The molecule has 0 radical (unpaired) electrons. The van der Waals surface area contributed by atoms with Gasteiger partial charge < -0.3 is 20.9 Å². The fraction of sp³-hybridized carbons (Fsp3) is 0.278. The van der Waals surface area contributed by atoms with Crippen molar-refractivity contribution in [3.05, 3.63) is 59.7 Å². The molecule has 0 spiro atoms. The molecule has 23 heavy (non-hydrogen) atoms. The average Bonchev–Trinajstić information content (AvgIpc) is 2.53. The van der Waals surface area contributed by atoms with Gasteiger partial charge in [-0.2, -0.15) is 0 Å². The van der Waals surface area contributed by atoms with Gasteiger partial charge in [-0.3, -0.25) is 4.99 Å². The van der Waals surface area contributed by atoms with Gasteiger partial charge in [0, 0.05) is 5.69 Å². The molecular weight excluding hydrogens is 290 g/mol. The van der Waals surface area contributed by atoms with Crippen LogP contribution in [0.15, 0.2) is 53.5 Å². The Morgan fingerprint density at radius 1 is 1.17 bits per heavy atom. The van der Waals surface area contributed by atoms with Gasteiger partial charge in [-0.15, -0.1) is 0 Å². The maximum absolute atomic E-state index is 9.92. The summed E-state index contributed by atoms with van der Waals surface area (Å²) in [5, 5.41) is 12.9. The maximum atomic E-state index is 9.92. The summed E-state index contributed by atoms with van der Waals surface area (Å²) in [6.45, 7) is 4.36. The molecule has 2 aromatic carbocycles. The monoisotopic (exact) mass is 313 g/mol. The van der Waals surface area contributed by atoms with Crippen LogP contribution in [0.5, 0.6) is 5.75 Å². The van der Waals surface area contributed by atoms with Gasteiger partial charge in [0.15, 0.2) is 5.96 Å². The number of aliphatic imine (C=N–C) groups is 1. The summed E-state index contributed by atoms with van der Waals surface area (Å²) in [6.07, 6.45) is -0.714. The lowest BCUT2D eigenvalue weighted by atomic mass is 10.2. The Balaban J connectivity index is 1.78. The lowest BCUT2D eigenvalue weighted by Gasteiger charge is -2.11. The second-order valence-electron chi connectivity index (χ2n) is 5.50. The maximum Gasteiger partial charge on any atom is 0.193 e. The van der Waals surface area contributed by atoms with E-state index in [0.717, 1.165) is 17.0 Å². The minimum Gasteiger partial charge on any atom is -0.491 e. The highest BCUT2D eigenvalue weighted by molar-refractivity contribution is 5.92. The van der Waals surface area contributed by atoms with Crippen LogP contribution in [0, 0.1) is 13.8 Å². The molecule has 0 saturated heterocycles. The van der Waals surface area contributed by atoms with Crippen molar-refractivity contribution in [1.82, 2.24) is 0 Å². The highest BCUT2D eigenvalue weighted by Gasteiger charge is 2.05. The highest BCUT2D eigenvalue weighted by atomic mass is 16.5. The Labute approximate surface area is 136 Å². The Morgan fingerprint density at radius 2 is 1.91 bits per heavy atom. The van der Waals surface area contributed by atoms with E-state index in [4.69, 9.17) is 10.5 Å². The fourth-order valence-corrected chi connectivity index (χ4v) is 1.98. The molecule has 2 rings (SSSR count). The van der Waals surface area contributed by atoms with Gasteiger partial charge in [0.1, 0.15) is 18.5 Å². The van der Waals surface area contributed by atoms with Crippen LogP contribution in [0.2, 0.25) is 0 Å². The van der Waals surface area contributed by atoms with Crippen LogP contribution >= 0.6 is 0 Å². The second-order valence-corrected chi connectivity index (χ2v) is 5.50. The van der Waals surface area contributed by atoms with Crippen molar-refractivity contribution in [2.24, 2.45) is 10.7 Å². The molecule has 0 bridgehead atoms. The number of aliphatic hydroxyl groups is 1. The number of benzene rings is 2. The zero-order valence-corrected chi connectivity index (χ0v) is 13.5. The number of hydrogen-bond donors (Lipinski definition) is 3. The fourth-order valence-electron chi connectivity index (χ4n) is 1.98. The minimum absolute atomic E-state index is 0.171. The molecule has 0 aliphatic carbocycles. The Kier molecular flexibility index (Phi) is 6.00. The minimum atomic E-state index is -0.714. The lowest BCUT2D eigenvalue weighted by Crippen LogP contribution is -2.27. The van der Waals surface area contributed by atoms with E-state index in [0.29, 0.717) is 0 Å². The van der Waals surface area contributed by atoms with Gasteiger partial charge in [-0.05, 0) is 43.7 Å². The third kappa shape index (κ3) is 6.00. The Hall–Kier alpha value is -2.53. The molecule has 1 atom stereocenters. The smallest absolute Gasteiger partial charge is 0.193 e. The van der Waals surface area contributed by atoms with Crippen LogP contribution in [-0.4, -0.2) is 30.3 Å². The van der Waals surface area contributed by atoms with Gasteiger partial charge in [-0.25, -0.2) is 0 Å². The predicted octanol–water partition coefficient (Wildman–Crippen LogP) is 2.47. The third-order valence-electron chi connectivity index (χ3n) is 3.23. The van der Waals surface area contributed by atoms with E-state index in [1.165, 1.54) is 5.56 Å². The number of nitrogens with zero attached hydrogens (tertiary/aromatic N) is 1. The topological polar surface area (TPSA) is 79.9 Å². The molecule has 0 amide bonds. The first-order valence-corrected chi connectivity index (χ1v) is 7.54. The summed E-state index contributed by atoms with van der Waals surface area (Å²) in [4.78, 5) is 4.12.